The zero-order valence-corrected chi connectivity index (χ0v) is 25.1. The number of allylic oxidation sites excluding steroid dienone is 4. The van der Waals surface area contributed by atoms with Gasteiger partial charge in [-0.15, -0.1) is 0 Å². The first-order valence-electron chi connectivity index (χ1n) is 15.9. The maximum absolute atomic E-state index is 13.5. The van der Waals surface area contributed by atoms with Crippen molar-refractivity contribution in [1.82, 2.24) is 9.80 Å². The highest BCUT2D eigenvalue weighted by atomic mass is 19.4. The highest BCUT2D eigenvalue weighted by Crippen LogP contribution is 2.53. The lowest BCUT2D eigenvalue weighted by Crippen LogP contribution is -2.53. The van der Waals surface area contributed by atoms with E-state index in [4.69, 9.17) is 0 Å². The molecule has 0 amide bonds. The van der Waals surface area contributed by atoms with Gasteiger partial charge in [-0.1, -0.05) is 81.8 Å². The summed E-state index contributed by atoms with van der Waals surface area (Å²) in [5, 5.41) is 0. The monoisotopic (exact) mass is 556 g/mol. The zero-order valence-electron chi connectivity index (χ0n) is 25.1. The van der Waals surface area contributed by atoms with Gasteiger partial charge in [-0.25, -0.2) is 0 Å². The van der Waals surface area contributed by atoms with Crippen LogP contribution in [-0.4, -0.2) is 48.7 Å². The number of alkyl halides is 3. The summed E-state index contributed by atoms with van der Waals surface area (Å²) in [7, 11) is 0. The van der Waals surface area contributed by atoms with E-state index in [1.54, 1.807) is 0 Å². The SMILES string of the molecule is C=C(c1ccc(C2C=CC(CCC3CCN(CC4(C(F)(F)F)CCC4)CC3)=CC2)cc1)N1CCCC(C)C1.CC. The van der Waals surface area contributed by atoms with E-state index < -0.39 is 11.6 Å². The van der Waals surface area contributed by atoms with E-state index in [9.17, 15) is 13.2 Å². The van der Waals surface area contributed by atoms with Crippen LogP contribution in [0.25, 0.3) is 5.70 Å². The molecule has 0 bridgehead atoms. The van der Waals surface area contributed by atoms with Crippen LogP contribution < -0.4 is 0 Å². The summed E-state index contributed by atoms with van der Waals surface area (Å²) in [6.07, 6.45) is 12.2. The summed E-state index contributed by atoms with van der Waals surface area (Å²) >= 11 is 0. The maximum Gasteiger partial charge on any atom is 0.395 e. The molecule has 2 heterocycles. The average Bonchev–Trinajstić information content (AvgIpc) is 2.95. The summed E-state index contributed by atoms with van der Waals surface area (Å²) in [5.74, 6) is 1.79. The van der Waals surface area contributed by atoms with E-state index in [-0.39, 0.29) is 6.54 Å². The molecule has 0 radical (unpaired) electrons. The molecule has 4 aliphatic rings. The topological polar surface area (TPSA) is 6.48 Å². The second-order valence-electron chi connectivity index (χ2n) is 12.6. The normalized spacial score (nSPS) is 25.4. The van der Waals surface area contributed by atoms with Crippen molar-refractivity contribution in [2.75, 3.05) is 32.7 Å². The van der Waals surface area contributed by atoms with E-state index in [1.807, 2.05) is 13.8 Å². The van der Waals surface area contributed by atoms with Crippen molar-refractivity contribution in [2.45, 2.75) is 97.1 Å². The third kappa shape index (κ3) is 7.43. The van der Waals surface area contributed by atoms with Gasteiger partial charge < -0.3 is 9.80 Å². The molecule has 2 atom stereocenters. The van der Waals surface area contributed by atoms with Crippen molar-refractivity contribution in [2.24, 2.45) is 17.3 Å². The summed E-state index contributed by atoms with van der Waals surface area (Å²) in [4.78, 5) is 4.52. The Morgan fingerprint density at radius 1 is 1.00 bits per heavy atom. The van der Waals surface area contributed by atoms with Crippen LogP contribution in [0.2, 0.25) is 0 Å². The van der Waals surface area contributed by atoms with Gasteiger partial charge in [0.2, 0.25) is 0 Å². The zero-order chi connectivity index (χ0) is 28.8. The molecule has 2 aliphatic heterocycles. The number of piperidine rings is 2. The Morgan fingerprint density at radius 2 is 1.70 bits per heavy atom. The Hall–Kier alpha value is -2.01. The van der Waals surface area contributed by atoms with Crippen LogP contribution in [0.4, 0.5) is 13.2 Å². The van der Waals surface area contributed by atoms with Crippen LogP contribution in [0.5, 0.6) is 0 Å². The quantitative estimate of drug-likeness (QED) is 0.314. The number of nitrogens with zero attached hydrogens (tertiary/aromatic N) is 2. The Bertz CT molecular complexity index is 1010. The Kier molecular flexibility index (Phi) is 10.6. The molecule has 5 rings (SSSR count). The van der Waals surface area contributed by atoms with Gasteiger partial charge in [-0.3, -0.25) is 0 Å². The van der Waals surface area contributed by atoms with Gasteiger partial charge >= 0.3 is 6.18 Å². The van der Waals surface area contributed by atoms with Crippen molar-refractivity contribution in [1.29, 1.82) is 0 Å². The first-order valence-corrected chi connectivity index (χ1v) is 15.9. The molecule has 2 unspecified atom stereocenters. The molecule has 2 saturated heterocycles. The first-order chi connectivity index (χ1) is 19.2. The average molecular weight is 557 g/mol. The molecule has 2 aliphatic carbocycles. The predicted octanol–water partition coefficient (Wildman–Crippen LogP) is 9.61. The lowest BCUT2D eigenvalue weighted by atomic mass is 9.67. The van der Waals surface area contributed by atoms with Gasteiger partial charge in [0, 0.05) is 31.2 Å². The molecular formula is C35H51F3N2. The molecule has 5 heteroatoms. The molecule has 2 nitrogen and oxygen atoms in total. The van der Waals surface area contributed by atoms with Crippen molar-refractivity contribution < 1.29 is 13.2 Å². The molecule has 1 aromatic rings. The van der Waals surface area contributed by atoms with Gasteiger partial charge in [0.15, 0.2) is 0 Å². The highest BCUT2D eigenvalue weighted by molar-refractivity contribution is 5.62. The third-order valence-corrected chi connectivity index (χ3v) is 9.87. The molecule has 0 N–H and O–H groups in total. The number of hydrogen-bond donors (Lipinski definition) is 0. The van der Waals surface area contributed by atoms with Gasteiger partial charge in [0.25, 0.3) is 0 Å². The standard InChI is InChI=1S/C33H45F3N2.C2H6/c1-25-5-3-20-38(23-25)26(2)29-12-14-31(15-13-29)30-10-8-27(9-11-30)6-7-28-16-21-37(22-17-28)24-32(18-4-19-32)33(34,35)36;1-2/h8-10,12-15,25,28,30H,2-7,11,16-24H2,1H3;1-2H3. The lowest BCUT2D eigenvalue weighted by molar-refractivity contribution is -0.256. The Morgan fingerprint density at radius 3 is 2.25 bits per heavy atom. The van der Waals surface area contributed by atoms with E-state index in [2.05, 4.69) is 65.8 Å². The van der Waals surface area contributed by atoms with Crippen molar-refractivity contribution in [3.05, 3.63) is 65.8 Å². The van der Waals surface area contributed by atoms with Gasteiger partial charge in [0.05, 0.1) is 5.41 Å². The van der Waals surface area contributed by atoms with Crippen LogP contribution in [-0.2, 0) is 0 Å². The minimum Gasteiger partial charge on any atom is -0.371 e. The van der Waals surface area contributed by atoms with E-state index in [0.29, 0.717) is 24.7 Å². The third-order valence-electron chi connectivity index (χ3n) is 9.87. The highest BCUT2D eigenvalue weighted by Gasteiger charge is 2.58. The van der Waals surface area contributed by atoms with E-state index >= 15 is 0 Å². The van der Waals surface area contributed by atoms with Crippen LogP contribution in [0.15, 0.2) is 54.6 Å². The summed E-state index contributed by atoms with van der Waals surface area (Å²) in [6.45, 7) is 14.8. The molecule has 0 aromatic heterocycles. The van der Waals surface area contributed by atoms with Crippen molar-refractivity contribution in [3.8, 4) is 0 Å². The van der Waals surface area contributed by atoms with Crippen LogP contribution in [0.3, 0.4) is 0 Å². The summed E-state index contributed by atoms with van der Waals surface area (Å²) in [5.41, 5.74) is 3.73. The van der Waals surface area contributed by atoms with Gasteiger partial charge in [0.1, 0.15) is 0 Å². The minimum absolute atomic E-state index is 0.213. The van der Waals surface area contributed by atoms with E-state index in [0.717, 1.165) is 76.3 Å². The summed E-state index contributed by atoms with van der Waals surface area (Å²) in [6, 6.07) is 9.00. The number of likely N-dealkylation sites (tertiary alicyclic amines) is 2. The smallest absolute Gasteiger partial charge is 0.371 e. The first kappa shape index (κ1) is 30.9. The molecule has 222 valence electrons. The fraction of sp³-hybridized carbons (Fsp3) is 0.657. The predicted molar refractivity (Wildman–Crippen MR) is 162 cm³/mol. The molecule has 3 fully saturated rings. The van der Waals surface area contributed by atoms with Gasteiger partial charge in [-0.05, 0) is 93.8 Å². The Balaban J connectivity index is 0.00000181. The lowest BCUT2D eigenvalue weighted by Gasteiger charge is -2.47. The van der Waals surface area contributed by atoms with Crippen LogP contribution in [0.1, 0.15) is 102 Å². The van der Waals surface area contributed by atoms with E-state index in [1.165, 1.54) is 29.5 Å². The molecule has 40 heavy (non-hydrogen) atoms. The number of hydrogen-bond acceptors (Lipinski definition) is 2. The number of benzene rings is 1. The second kappa shape index (κ2) is 13.8. The van der Waals surface area contributed by atoms with Crippen LogP contribution in [0, 0.1) is 17.3 Å². The minimum atomic E-state index is -4.05. The molecular weight excluding hydrogens is 505 g/mol. The number of halogens is 3. The van der Waals surface area contributed by atoms with Crippen molar-refractivity contribution in [3.63, 3.8) is 0 Å². The Labute approximate surface area is 241 Å². The fourth-order valence-electron chi connectivity index (χ4n) is 7.00. The fourth-order valence-corrected chi connectivity index (χ4v) is 7.00. The molecule has 1 saturated carbocycles. The molecule has 1 aromatic carbocycles. The number of rotatable bonds is 8. The largest absolute Gasteiger partial charge is 0.395 e. The second-order valence-corrected chi connectivity index (χ2v) is 12.6. The summed E-state index contributed by atoms with van der Waals surface area (Å²) < 4.78 is 40.6. The molecule has 0 spiro atoms. The van der Waals surface area contributed by atoms with Crippen LogP contribution >= 0.6 is 0 Å². The van der Waals surface area contributed by atoms with Gasteiger partial charge in [-0.2, -0.15) is 13.2 Å². The maximum atomic E-state index is 13.5. The van der Waals surface area contributed by atoms with Crippen molar-refractivity contribution >= 4 is 5.70 Å².